The van der Waals surface area contributed by atoms with Gasteiger partial charge in [-0.05, 0) is 22.6 Å². The topological polar surface area (TPSA) is 12.9 Å². The molecule has 0 saturated heterocycles. The van der Waals surface area contributed by atoms with Gasteiger partial charge in [-0.3, -0.25) is 0 Å². The fraction of sp³-hybridized carbons (Fsp3) is 0.167. The molecule has 1 aromatic rings. The smallest absolute Gasteiger partial charge is 0.224 e. The van der Waals surface area contributed by atoms with Crippen LogP contribution in [0.4, 0.5) is 17.6 Å². The Kier molecular flexibility index (Phi) is 2.86. The number of hydrogen-bond acceptors (Lipinski definition) is 1. The third kappa shape index (κ3) is 1.67. The summed E-state index contributed by atoms with van der Waals surface area (Å²) in [4.78, 5) is 2.94. The number of alkyl halides is 2. The Morgan fingerprint density at radius 2 is 1.92 bits per heavy atom. The van der Waals surface area contributed by atoms with Gasteiger partial charge in [-0.2, -0.15) is 4.39 Å². The molecule has 0 fully saturated rings. The van der Waals surface area contributed by atoms with Crippen LogP contribution >= 0.6 is 22.6 Å². The Morgan fingerprint density at radius 1 is 1.33 bits per heavy atom. The van der Waals surface area contributed by atoms with Crippen molar-refractivity contribution < 1.29 is 17.6 Å². The molecular formula is C6H2F4IN. The first kappa shape index (κ1) is 9.69. The second kappa shape index (κ2) is 3.55. The van der Waals surface area contributed by atoms with Crippen LogP contribution in [0.1, 0.15) is 12.0 Å². The van der Waals surface area contributed by atoms with E-state index in [1.807, 2.05) is 0 Å². The van der Waals surface area contributed by atoms with Gasteiger partial charge in [0.25, 0.3) is 6.43 Å². The van der Waals surface area contributed by atoms with Crippen LogP contribution in [-0.4, -0.2) is 4.98 Å². The van der Waals surface area contributed by atoms with E-state index in [0.29, 0.717) is 6.20 Å². The van der Waals surface area contributed by atoms with Crippen molar-refractivity contribution in [3.05, 3.63) is 27.1 Å². The maximum atomic E-state index is 12.6. The van der Waals surface area contributed by atoms with E-state index in [4.69, 9.17) is 0 Å². The molecule has 1 heterocycles. The molecule has 0 aliphatic rings. The minimum Gasteiger partial charge on any atom is -0.224 e. The Bertz CT molecular complexity index is 302. The monoisotopic (exact) mass is 291 g/mol. The van der Waals surface area contributed by atoms with Crippen molar-refractivity contribution >= 4 is 22.6 Å². The number of aromatic nitrogens is 1. The SMILES string of the molecule is Fc1cnc(F)c(I)c1C(F)F. The largest absolute Gasteiger partial charge is 0.267 e. The normalized spacial score (nSPS) is 10.8. The molecular weight excluding hydrogens is 289 g/mol. The maximum Gasteiger partial charge on any atom is 0.267 e. The number of rotatable bonds is 1. The lowest BCUT2D eigenvalue weighted by molar-refractivity contribution is 0.144. The highest BCUT2D eigenvalue weighted by Gasteiger charge is 2.20. The van der Waals surface area contributed by atoms with Gasteiger partial charge in [0.1, 0.15) is 0 Å². The van der Waals surface area contributed by atoms with Crippen LogP contribution in [0.3, 0.4) is 0 Å². The zero-order valence-electron chi connectivity index (χ0n) is 5.49. The first-order valence-corrected chi connectivity index (χ1v) is 3.89. The number of nitrogens with zero attached hydrogens (tertiary/aromatic N) is 1. The van der Waals surface area contributed by atoms with Gasteiger partial charge in [0, 0.05) is 0 Å². The highest BCUT2D eigenvalue weighted by Crippen LogP contribution is 2.27. The van der Waals surface area contributed by atoms with Crippen molar-refractivity contribution in [3.8, 4) is 0 Å². The molecule has 66 valence electrons. The standard InChI is InChI=1S/C6H2F4IN/c7-2-1-12-6(10)4(11)3(2)5(8)9/h1,5H. The van der Waals surface area contributed by atoms with Crippen molar-refractivity contribution in [3.63, 3.8) is 0 Å². The number of pyridine rings is 1. The minimum absolute atomic E-state index is 0.443. The Balaban J connectivity index is 3.33. The van der Waals surface area contributed by atoms with E-state index in [1.54, 1.807) is 0 Å². The first-order chi connectivity index (χ1) is 5.54. The lowest BCUT2D eigenvalue weighted by atomic mass is 10.3. The van der Waals surface area contributed by atoms with Crippen molar-refractivity contribution in [2.75, 3.05) is 0 Å². The van der Waals surface area contributed by atoms with Crippen molar-refractivity contribution in [2.24, 2.45) is 0 Å². The maximum absolute atomic E-state index is 12.6. The highest BCUT2D eigenvalue weighted by molar-refractivity contribution is 14.1. The van der Waals surface area contributed by atoms with E-state index in [2.05, 4.69) is 4.98 Å². The van der Waals surface area contributed by atoms with Crippen molar-refractivity contribution in [1.29, 1.82) is 0 Å². The number of hydrogen-bond donors (Lipinski definition) is 0. The van der Waals surface area contributed by atoms with Gasteiger partial charge in [0.2, 0.25) is 5.95 Å². The van der Waals surface area contributed by atoms with Gasteiger partial charge in [-0.1, -0.05) is 0 Å². The molecule has 0 unspecified atom stereocenters. The first-order valence-electron chi connectivity index (χ1n) is 2.81. The lowest BCUT2D eigenvalue weighted by Gasteiger charge is -2.03. The van der Waals surface area contributed by atoms with Crippen molar-refractivity contribution in [2.45, 2.75) is 6.43 Å². The second-order valence-corrected chi connectivity index (χ2v) is 3.00. The van der Waals surface area contributed by atoms with E-state index < -0.39 is 27.3 Å². The van der Waals surface area contributed by atoms with Gasteiger partial charge >= 0.3 is 0 Å². The molecule has 0 aliphatic heterocycles. The van der Waals surface area contributed by atoms with Gasteiger partial charge in [0.15, 0.2) is 5.82 Å². The van der Waals surface area contributed by atoms with Gasteiger partial charge in [-0.25, -0.2) is 18.2 Å². The summed E-state index contributed by atoms with van der Waals surface area (Å²) >= 11 is 1.29. The fourth-order valence-corrected chi connectivity index (χ4v) is 1.29. The van der Waals surface area contributed by atoms with Crippen LogP contribution in [0.5, 0.6) is 0 Å². The zero-order valence-corrected chi connectivity index (χ0v) is 7.65. The van der Waals surface area contributed by atoms with Crippen LogP contribution in [0.2, 0.25) is 0 Å². The molecule has 0 aromatic carbocycles. The molecule has 1 aromatic heterocycles. The van der Waals surface area contributed by atoms with E-state index in [9.17, 15) is 17.6 Å². The summed E-state index contributed by atoms with van der Waals surface area (Å²) in [5, 5.41) is 0. The molecule has 6 heteroatoms. The molecule has 0 saturated carbocycles. The summed E-state index contributed by atoms with van der Waals surface area (Å²) in [6, 6.07) is 0. The van der Waals surface area contributed by atoms with E-state index in [1.165, 1.54) is 22.6 Å². The molecule has 12 heavy (non-hydrogen) atoms. The van der Waals surface area contributed by atoms with E-state index >= 15 is 0 Å². The summed E-state index contributed by atoms with van der Waals surface area (Å²) in [7, 11) is 0. The molecule has 0 N–H and O–H groups in total. The average Bonchev–Trinajstić information content (AvgIpc) is 1.97. The molecule has 0 spiro atoms. The molecule has 0 atom stereocenters. The predicted molar refractivity (Wildman–Crippen MR) is 41.8 cm³/mol. The lowest BCUT2D eigenvalue weighted by Crippen LogP contribution is -2.00. The van der Waals surface area contributed by atoms with Crippen LogP contribution in [0.25, 0.3) is 0 Å². The predicted octanol–water partition coefficient (Wildman–Crippen LogP) is 2.90. The summed E-state index contributed by atoms with van der Waals surface area (Å²) < 4.78 is 48.7. The third-order valence-corrected chi connectivity index (χ3v) is 2.21. The van der Waals surface area contributed by atoms with E-state index in [-0.39, 0.29) is 0 Å². The van der Waals surface area contributed by atoms with Gasteiger partial charge in [-0.15, -0.1) is 0 Å². The Labute approximate surface area is 78.9 Å². The second-order valence-electron chi connectivity index (χ2n) is 1.93. The number of halogens is 5. The minimum atomic E-state index is -3.02. The Morgan fingerprint density at radius 3 is 2.33 bits per heavy atom. The van der Waals surface area contributed by atoms with Crippen LogP contribution in [0.15, 0.2) is 6.20 Å². The zero-order chi connectivity index (χ0) is 9.30. The van der Waals surface area contributed by atoms with Gasteiger partial charge in [0.05, 0.1) is 15.3 Å². The fourth-order valence-electron chi connectivity index (χ4n) is 0.656. The summed E-state index contributed by atoms with van der Waals surface area (Å²) in [5.41, 5.74) is -0.928. The molecule has 1 nitrogen and oxygen atoms in total. The Hall–Kier alpha value is -0.400. The van der Waals surface area contributed by atoms with Gasteiger partial charge < -0.3 is 0 Å². The highest BCUT2D eigenvalue weighted by atomic mass is 127. The molecule has 0 aliphatic carbocycles. The summed E-state index contributed by atoms with van der Waals surface area (Å²) in [6.45, 7) is 0. The quantitative estimate of drug-likeness (QED) is 0.440. The molecule has 1 rings (SSSR count). The molecule has 0 amide bonds. The van der Waals surface area contributed by atoms with Crippen LogP contribution in [0, 0.1) is 15.3 Å². The van der Waals surface area contributed by atoms with E-state index in [0.717, 1.165) is 0 Å². The van der Waals surface area contributed by atoms with Crippen molar-refractivity contribution in [1.82, 2.24) is 4.98 Å². The molecule has 0 radical (unpaired) electrons. The summed E-state index contributed by atoms with van der Waals surface area (Å²) in [6.07, 6.45) is -2.58. The summed E-state index contributed by atoms with van der Waals surface area (Å²) in [5.74, 6) is -2.26. The third-order valence-electron chi connectivity index (χ3n) is 1.18. The van der Waals surface area contributed by atoms with Crippen LogP contribution < -0.4 is 0 Å². The van der Waals surface area contributed by atoms with Crippen LogP contribution in [-0.2, 0) is 0 Å². The average molecular weight is 291 g/mol. The molecule has 0 bridgehead atoms.